The van der Waals surface area contributed by atoms with Crippen LogP contribution in [0.15, 0.2) is 24.3 Å². The Kier molecular flexibility index (Phi) is 6.30. The van der Waals surface area contributed by atoms with Crippen LogP contribution < -0.4 is 4.90 Å². The van der Waals surface area contributed by atoms with E-state index in [1.165, 1.54) is 11.8 Å². The lowest BCUT2D eigenvalue weighted by Crippen LogP contribution is -2.43. The van der Waals surface area contributed by atoms with Gasteiger partial charge in [-0.3, -0.25) is 14.5 Å². The van der Waals surface area contributed by atoms with E-state index in [9.17, 15) is 14.4 Å². The summed E-state index contributed by atoms with van der Waals surface area (Å²) in [6.07, 6.45) is -1.91. The normalized spacial score (nSPS) is 18.1. The fourth-order valence-corrected chi connectivity index (χ4v) is 2.79. The number of nitrogens with zero attached hydrogens (tertiary/aromatic N) is 1. The summed E-state index contributed by atoms with van der Waals surface area (Å²) in [7, 11) is 0. The van der Waals surface area contributed by atoms with Crippen LogP contribution in [0.1, 0.15) is 25.8 Å². The van der Waals surface area contributed by atoms with Gasteiger partial charge in [-0.15, -0.1) is 0 Å². The van der Waals surface area contributed by atoms with Gasteiger partial charge in [0.15, 0.2) is 6.23 Å². The summed E-state index contributed by atoms with van der Waals surface area (Å²) in [5.74, 6) is -2.53. The Hall–Kier alpha value is -2.61. The largest absolute Gasteiger partial charge is 0.507 e. The average Bonchev–Trinajstić information content (AvgIpc) is 2.82. The summed E-state index contributed by atoms with van der Waals surface area (Å²) >= 11 is 0. The van der Waals surface area contributed by atoms with Crippen LogP contribution >= 0.6 is 0 Å². The number of carboxylic acid groups (broad SMARTS) is 2. The highest BCUT2D eigenvalue weighted by atomic mass is 16.7. The maximum absolute atomic E-state index is 12.7. The third kappa shape index (κ3) is 4.02. The summed E-state index contributed by atoms with van der Waals surface area (Å²) in [5.41, 5.74) is 1.43. The van der Waals surface area contributed by atoms with E-state index in [1.54, 1.807) is 25.1 Å². The number of benzene rings is 1. The second kappa shape index (κ2) is 7.78. The van der Waals surface area contributed by atoms with Crippen LogP contribution in [0.3, 0.4) is 0 Å². The molecule has 3 atom stereocenters. The molecule has 0 aromatic heterocycles. The Morgan fingerprint density at radius 2 is 1.83 bits per heavy atom. The molecule has 4 N–H and O–H groups in total. The van der Waals surface area contributed by atoms with Crippen molar-refractivity contribution in [2.75, 3.05) is 4.90 Å². The molecule has 132 valence electrons. The van der Waals surface area contributed by atoms with Gasteiger partial charge in [-0.05, 0) is 18.1 Å². The molecule has 0 bridgehead atoms. The van der Waals surface area contributed by atoms with E-state index in [-0.39, 0.29) is 24.2 Å². The van der Waals surface area contributed by atoms with Crippen molar-refractivity contribution in [1.29, 1.82) is 0 Å². The van der Waals surface area contributed by atoms with Crippen molar-refractivity contribution < 1.29 is 34.8 Å². The van der Waals surface area contributed by atoms with Crippen LogP contribution in [0.4, 0.5) is 10.5 Å². The summed E-state index contributed by atoms with van der Waals surface area (Å²) < 4.78 is 4.84. The van der Waals surface area contributed by atoms with Gasteiger partial charge in [0.05, 0.1) is 11.6 Å². The van der Waals surface area contributed by atoms with Crippen LogP contribution in [-0.2, 0) is 20.7 Å². The van der Waals surface area contributed by atoms with Crippen LogP contribution in [0.25, 0.3) is 0 Å². The number of para-hydroxylation sites is 1. The Labute approximate surface area is 139 Å². The fourth-order valence-electron chi connectivity index (χ4n) is 2.79. The number of ether oxygens (including phenoxy) is 1. The quantitative estimate of drug-likeness (QED) is 0.781. The number of carboxylic acids is 1. The molecular formula is C16H21NO7. The molecule has 1 aromatic carbocycles. The lowest BCUT2D eigenvalue weighted by Gasteiger charge is -2.27. The van der Waals surface area contributed by atoms with Gasteiger partial charge in [-0.1, -0.05) is 32.0 Å². The highest BCUT2D eigenvalue weighted by Gasteiger charge is 2.38. The van der Waals surface area contributed by atoms with Crippen LogP contribution in [0.2, 0.25) is 0 Å². The first-order valence-corrected chi connectivity index (χ1v) is 7.34. The van der Waals surface area contributed by atoms with Crippen molar-refractivity contribution in [3.05, 3.63) is 29.8 Å². The van der Waals surface area contributed by atoms with E-state index >= 15 is 0 Å². The number of rotatable bonds is 5. The predicted octanol–water partition coefficient (Wildman–Crippen LogP) is 1.52. The molecule has 0 saturated carbocycles. The number of fused-ring (bicyclic) bond motifs is 1. The van der Waals surface area contributed by atoms with E-state index in [1.807, 2.05) is 6.07 Å². The first-order chi connectivity index (χ1) is 10.8. The molecule has 1 aliphatic rings. The molecule has 0 unspecified atom stereocenters. The maximum Gasteiger partial charge on any atom is 0.507 e. The molecule has 0 fully saturated rings. The monoisotopic (exact) mass is 339 g/mol. The number of hydrogen-bond acceptors (Lipinski definition) is 4. The van der Waals surface area contributed by atoms with Gasteiger partial charge < -0.3 is 20.4 Å². The molecule has 1 aromatic rings. The summed E-state index contributed by atoms with van der Waals surface area (Å²) in [4.78, 5) is 35.9. The summed E-state index contributed by atoms with van der Waals surface area (Å²) in [6, 6.07) is 7.10. The van der Waals surface area contributed by atoms with Gasteiger partial charge in [0, 0.05) is 12.3 Å². The minimum absolute atomic E-state index is 0. The summed E-state index contributed by atoms with van der Waals surface area (Å²) in [5, 5.41) is 17.9. The van der Waals surface area contributed by atoms with Gasteiger partial charge >= 0.3 is 12.1 Å². The van der Waals surface area contributed by atoms with Gasteiger partial charge in [-0.25, -0.2) is 4.79 Å². The van der Waals surface area contributed by atoms with Crippen molar-refractivity contribution >= 4 is 23.7 Å². The second-order valence-electron chi connectivity index (χ2n) is 5.76. The van der Waals surface area contributed by atoms with Crippen molar-refractivity contribution in [2.24, 2.45) is 11.8 Å². The van der Waals surface area contributed by atoms with Crippen LogP contribution in [0.5, 0.6) is 0 Å². The zero-order valence-corrected chi connectivity index (χ0v) is 13.4. The summed E-state index contributed by atoms with van der Waals surface area (Å²) in [6.45, 7) is 3.18. The van der Waals surface area contributed by atoms with Gasteiger partial charge in [0.1, 0.15) is 0 Å². The van der Waals surface area contributed by atoms with E-state index in [0.29, 0.717) is 5.69 Å². The zero-order chi connectivity index (χ0) is 17.1. The van der Waals surface area contributed by atoms with E-state index in [4.69, 9.17) is 14.9 Å². The number of aliphatic carboxylic acids is 1. The molecular weight excluding hydrogens is 318 g/mol. The first kappa shape index (κ1) is 19.4. The zero-order valence-electron chi connectivity index (χ0n) is 13.4. The number of hydrogen-bond donors (Lipinski definition) is 2. The van der Waals surface area contributed by atoms with E-state index in [0.717, 1.165) is 5.56 Å². The average molecular weight is 339 g/mol. The third-order valence-electron chi connectivity index (χ3n) is 3.96. The Balaban J connectivity index is 0.00000288. The highest BCUT2D eigenvalue weighted by Crippen LogP contribution is 2.34. The van der Waals surface area contributed by atoms with Crippen LogP contribution in [0, 0.1) is 11.8 Å². The minimum atomic E-state index is -1.45. The molecule has 2 rings (SSSR count). The Bertz CT molecular complexity index is 631. The van der Waals surface area contributed by atoms with Gasteiger partial charge in [-0.2, -0.15) is 0 Å². The molecule has 1 heterocycles. The lowest BCUT2D eigenvalue weighted by molar-refractivity contribution is -0.141. The molecule has 0 spiro atoms. The molecule has 24 heavy (non-hydrogen) atoms. The topological polar surface area (TPSA) is 136 Å². The van der Waals surface area contributed by atoms with Crippen molar-refractivity contribution in [2.45, 2.75) is 32.9 Å². The molecule has 8 nitrogen and oxygen atoms in total. The van der Waals surface area contributed by atoms with Gasteiger partial charge in [0.2, 0.25) is 5.91 Å². The number of carbonyl (C=O) groups is 3. The maximum atomic E-state index is 12.7. The number of amides is 1. The smallest absolute Gasteiger partial charge is 0.481 e. The fraction of sp³-hybridized carbons (Fsp3) is 0.438. The standard InChI is InChI=1S/C16H19NO6.H2O/c1-9(7-10(2)15(19)20)14(18)17-12-6-4-3-5-11(12)8-13(17)23-16(21)22;/h3-6,9-10,13H,7-8H2,1-2H3,(H,19,20)(H,21,22);1H2/t9-,10-,13+;/m1./s1. The second-order valence-corrected chi connectivity index (χ2v) is 5.76. The lowest BCUT2D eigenvalue weighted by atomic mass is 9.96. The van der Waals surface area contributed by atoms with E-state index < -0.39 is 30.2 Å². The molecule has 1 aliphatic heterocycles. The molecule has 1 amide bonds. The molecule has 8 heteroatoms. The highest BCUT2D eigenvalue weighted by molar-refractivity contribution is 5.97. The minimum Gasteiger partial charge on any atom is -0.481 e. The first-order valence-electron chi connectivity index (χ1n) is 7.34. The molecule has 0 radical (unpaired) electrons. The third-order valence-corrected chi connectivity index (χ3v) is 3.96. The van der Waals surface area contributed by atoms with Crippen molar-refractivity contribution in [3.8, 4) is 0 Å². The predicted molar refractivity (Wildman–Crippen MR) is 84.7 cm³/mol. The van der Waals surface area contributed by atoms with Crippen molar-refractivity contribution in [1.82, 2.24) is 0 Å². The van der Waals surface area contributed by atoms with Gasteiger partial charge in [0.25, 0.3) is 0 Å². The Morgan fingerprint density at radius 3 is 2.42 bits per heavy atom. The Morgan fingerprint density at radius 1 is 1.21 bits per heavy atom. The SMILES string of the molecule is C[C@H](C[C@@H](C)C(=O)N1c2ccccc2C[C@@H]1OC(=O)O)C(=O)O.O. The van der Waals surface area contributed by atoms with Crippen molar-refractivity contribution in [3.63, 3.8) is 0 Å². The number of anilines is 1. The van der Waals surface area contributed by atoms with E-state index in [2.05, 4.69) is 0 Å². The molecule has 0 aliphatic carbocycles. The molecule has 0 saturated heterocycles. The number of carbonyl (C=O) groups excluding carboxylic acids is 1. The van der Waals surface area contributed by atoms with Crippen LogP contribution in [-0.4, -0.2) is 39.9 Å².